The number of ether oxygens (including phenoxy) is 2. The van der Waals surface area contributed by atoms with Crippen molar-refractivity contribution < 1.29 is 9.47 Å². The highest BCUT2D eigenvalue weighted by Crippen LogP contribution is 2.41. The van der Waals surface area contributed by atoms with Crippen LogP contribution < -0.4 is 19.7 Å². The van der Waals surface area contributed by atoms with Gasteiger partial charge in [0.2, 0.25) is 5.88 Å². The van der Waals surface area contributed by atoms with E-state index in [-0.39, 0.29) is 6.10 Å². The van der Waals surface area contributed by atoms with Crippen LogP contribution in [-0.2, 0) is 6.42 Å². The van der Waals surface area contributed by atoms with Gasteiger partial charge in [-0.2, -0.15) is 9.97 Å². The van der Waals surface area contributed by atoms with Crippen LogP contribution in [0.3, 0.4) is 0 Å². The molecule has 0 aliphatic carbocycles. The average molecular weight is 390 g/mol. The Morgan fingerprint density at radius 3 is 2.69 bits per heavy atom. The normalized spacial score (nSPS) is 19.0. The molecular formula is C23H26N4O2. The molecule has 1 aromatic heterocycles. The zero-order chi connectivity index (χ0) is 19.8. The van der Waals surface area contributed by atoms with Crippen LogP contribution in [-0.4, -0.2) is 43.3 Å². The van der Waals surface area contributed by atoms with E-state index in [0.29, 0.717) is 11.9 Å². The molecule has 2 aromatic carbocycles. The molecule has 1 fully saturated rings. The van der Waals surface area contributed by atoms with Gasteiger partial charge in [0.15, 0.2) is 0 Å². The highest BCUT2D eigenvalue weighted by molar-refractivity contribution is 5.89. The zero-order valence-corrected chi connectivity index (χ0v) is 16.9. The van der Waals surface area contributed by atoms with Gasteiger partial charge in [-0.15, -0.1) is 0 Å². The van der Waals surface area contributed by atoms with Crippen molar-refractivity contribution >= 4 is 16.6 Å². The van der Waals surface area contributed by atoms with Crippen molar-refractivity contribution in [1.29, 1.82) is 0 Å². The van der Waals surface area contributed by atoms with Crippen LogP contribution >= 0.6 is 0 Å². The number of piperazine rings is 1. The maximum atomic E-state index is 6.48. The lowest BCUT2D eigenvalue weighted by molar-refractivity contribution is 0.166. The first-order valence-corrected chi connectivity index (χ1v) is 10.3. The number of hydrogen-bond donors (Lipinski definition) is 1. The van der Waals surface area contributed by atoms with Crippen LogP contribution in [0.5, 0.6) is 11.9 Å². The highest BCUT2D eigenvalue weighted by Gasteiger charge is 2.30. The number of nitrogens with one attached hydrogen (secondary N) is 1. The van der Waals surface area contributed by atoms with Crippen LogP contribution in [0, 0.1) is 6.92 Å². The van der Waals surface area contributed by atoms with Crippen molar-refractivity contribution in [3.05, 3.63) is 53.1 Å². The van der Waals surface area contributed by atoms with E-state index >= 15 is 0 Å². The SMILES string of the molecule is COc1nc2c(c(N3CCNCC3)n1)CCC(c1cccc3cccc(C)c13)O2. The maximum absolute atomic E-state index is 6.48. The molecule has 0 bridgehead atoms. The second-order valence-corrected chi connectivity index (χ2v) is 7.72. The summed E-state index contributed by atoms with van der Waals surface area (Å²) in [6, 6.07) is 13.3. The van der Waals surface area contributed by atoms with Crippen LogP contribution in [0.25, 0.3) is 10.8 Å². The van der Waals surface area contributed by atoms with Crippen molar-refractivity contribution in [2.24, 2.45) is 0 Å². The minimum Gasteiger partial charge on any atom is -0.469 e. The molecule has 29 heavy (non-hydrogen) atoms. The van der Waals surface area contributed by atoms with Gasteiger partial charge in [-0.05, 0) is 36.1 Å². The predicted molar refractivity (Wildman–Crippen MR) is 114 cm³/mol. The monoisotopic (exact) mass is 390 g/mol. The first-order chi connectivity index (χ1) is 14.2. The van der Waals surface area contributed by atoms with E-state index in [1.165, 1.54) is 21.9 Å². The lowest BCUT2D eigenvalue weighted by Gasteiger charge is -2.33. The smallest absolute Gasteiger partial charge is 0.321 e. The fourth-order valence-corrected chi connectivity index (χ4v) is 4.50. The summed E-state index contributed by atoms with van der Waals surface area (Å²) in [5, 5.41) is 5.93. The lowest BCUT2D eigenvalue weighted by Crippen LogP contribution is -2.44. The summed E-state index contributed by atoms with van der Waals surface area (Å²) in [5.74, 6) is 1.62. The van der Waals surface area contributed by atoms with Crippen molar-refractivity contribution in [2.75, 3.05) is 38.2 Å². The summed E-state index contributed by atoms with van der Waals surface area (Å²) in [5.41, 5.74) is 3.60. The molecule has 1 N–H and O–H groups in total. The standard InChI is InChI=1S/C23H26N4O2/c1-15-5-3-6-16-7-4-8-17(20(15)16)19-10-9-18-21(27-13-11-24-12-14-27)25-23(28-2)26-22(18)29-19/h3-8,19,24H,9-14H2,1-2H3. The Morgan fingerprint density at radius 1 is 1.10 bits per heavy atom. The van der Waals surface area contributed by atoms with Crippen LogP contribution in [0.15, 0.2) is 36.4 Å². The largest absolute Gasteiger partial charge is 0.469 e. The van der Waals surface area contributed by atoms with Gasteiger partial charge in [-0.1, -0.05) is 36.4 Å². The van der Waals surface area contributed by atoms with E-state index in [2.05, 4.69) is 63.5 Å². The summed E-state index contributed by atoms with van der Waals surface area (Å²) in [6.45, 7) is 5.94. The molecule has 5 rings (SSSR count). The fourth-order valence-electron chi connectivity index (χ4n) is 4.50. The molecule has 0 saturated carbocycles. The number of aryl methyl sites for hydroxylation is 1. The highest BCUT2D eigenvalue weighted by atomic mass is 16.5. The number of nitrogens with zero attached hydrogens (tertiary/aromatic N) is 3. The minimum absolute atomic E-state index is 0.0252. The van der Waals surface area contributed by atoms with Gasteiger partial charge >= 0.3 is 6.01 Å². The van der Waals surface area contributed by atoms with Crippen LogP contribution in [0.4, 0.5) is 5.82 Å². The molecule has 6 heteroatoms. The van der Waals surface area contributed by atoms with Crippen molar-refractivity contribution in [3.63, 3.8) is 0 Å². The van der Waals surface area contributed by atoms with Crippen LogP contribution in [0.1, 0.15) is 29.2 Å². The lowest BCUT2D eigenvalue weighted by atomic mass is 9.92. The number of methoxy groups -OCH3 is 1. The summed E-state index contributed by atoms with van der Waals surface area (Å²) in [6.07, 6.45) is 1.78. The number of aromatic nitrogens is 2. The summed E-state index contributed by atoms with van der Waals surface area (Å²) in [7, 11) is 1.61. The Bertz CT molecular complexity index is 1040. The Kier molecular flexibility index (Phi) is 4.72. The number of hydrogen-bond acceptors (Lipinski definition) is 6. The van der Waals surface area contributed by atoms with E-state index in [4.69, 9.17) is 9.47 Å². The first-order valence-electron chi connectivity index (χ1n) is 10.3. The van der Waals surface area contributed by atoms with E-state index in [1.807, 2.05) is 0 Å². The predicted octanol–water partition coefficient (Wildman–Crippen LogP) is 3.42. The van der Waals surface area contributed by atoms with Gasteiger partial charge < -0.3 is 19.7 Å². The van der Waals surface area contributed by atoms with Gasteiger partial charge in [0, 0.05) is 31.7 Å². The van der Waals surface area contributed by atoms with Gasteiger partial charge in [0.1, 0.15) is 11.9 Å². The Hall–Kier alpha value is -2.86. The average Bonchev–Trinajstić information content (AvgIpc) is 2.78. The molecule has 6 nitrogen and oxygen atoms in total. The van der Waals surface area contributed by atoms with Gasteiger partial charge in [0.05, 0.1) is 12.7 Å². The number of rotatable bonds is 3. The Balaban J connectivity index is 1.55. The Morgan fingerprint density at radius 2 is 1.90 bits per heavy atom. The van der Waals surface area contributed by atoms with E-state index < -0.39 is 0 Å². The third-order valence-corrected chi connectivity index (χ3v) is 5.93. The van der Waals surface area contributed by atoms with Gasteiger partial charge in [-0.25, -0.2) is 0 Å². The molecule has 0 radical (unpaired) electrons. The number of fused-ring (bicyclic) bond motifs is 2. The minimum atomic E-state index is -0.0252. The quantitative estimate of drug-likeness (QED) is 0.740. The number of anilines is 1. The molecule has 150 valence electrons. The summed E-state index contributed by atoms with van der Waals surface area (Å²) in [4.78, 5) is 11.6. The van der Waals surface area contributed by atoms with Crippen molar-refractivity contribution in [3.8, 4) is 11.9 Å². The molecule has 1 atom stereocenters. The third-order valence-electron chi connectivity index (χ3n) is 5.93. The van der Waals surface area contributed by atoms with E-state index in [9.17, 15) is 0 Å². The first kappa shape index (κ1) is 18.2. The third kappa shape index (κ3) is 3.27. The number of benzene rings is 2. The molecule has 1 unspecified atom stereocenters. The maximum Gasteiger partial charge on any atom is 0.321 e. The second kappa shape index (κ2) is 7.52. The summed E-state index contributed by atoms with van der Waals surface area (Å²) < 4.78 is 11.9. The Labute approximate surface area is 170 Å². The molecule has 3 heterocycles. The second-order valence-electron chi connectivity index (χ2n) is 7.72. The zero-order valence-electron chi connectivity index (χ0n) is 16.9. The molecule has 2 aliphatic rings. The molecule has 0 spiro atoms. The van der Waals surface area contributed by atoms with Gasteiger partial charge in [-0.3, -0.25) is 0 Å². The van der Waals surface area contributed by atoms with Crippen molar-refractivity contribution in [2.45, 2.75) is 25.9 Å². The molecule has 2 aliphatic heterocycles. The van der Waals surface area contributed by atoms with Gasteiger partial charge in [0.25, 0.3) is 0 Å². The van der Waals surface area contributed by atoms with Crippen LogP contribution in [0.2, 0.25) is 0 Å². The summed E-state index contributed by atoms with van der Waals surface area (Å²) >= 11 is 0. The van der Waals surface area contributed by atoms with E-state index in [1.54, 1.807) is 7.11 Å². The molecule has 3 aromatic rings. The topological polar surface area (TPSA) is 59.5 Å². The molecular weight excluding hydrogens is 364 g/mol. The molecule has 1 saturated heterocycles. The van der Waals surface area contributed by atoms with Crippen molar-refractivity contribution in [1.82, 2.24) is 15.3 Å². The molecule has 0 amide bonds. The van der Waals surface area contributed by atoms with E-state index in [0.717, 1.165) is 50.4 Å². The fraction of sp³-hybridized carbons (Fsp3) is 0.391.